The van der Waals surface area contributed by atoms with E-state index in [4.69, 9.17) is 0 Å². The average molecular weight is 307 g/mol. The standard InChI is InChI=1S/C20H25N3/c1-15-7-8-20-17(13-15)18-14-21-10-4-6-19(18)23(20)12-9-16-5-2-3-11-22-16/h2-3,5,7-8,11,13,18-19,21H,4,6,9-10,12,14H2,1H3/t18-,19-/m0/s1. The van der Waals surface area contributed by atoms with Crippen LogP contribution in [0.4, 0.5) is 5.69 Å². The fourth-order valence-corrected chi connectivity index (χ4v) is 4.20. The van der Waals surface area contributed by atoms with Crippen LogP contribution in [0.25, 0.3) is 0 Å². The molecule has 23 heavy (non-hydrogen) atoms. The van der Waals surface area contributed by atoms with Gasteiger partial charge in [-0.15, -0.1) is 0 Å². The Balaban J connectivity index is 1.62. The van der Waals surface area contributed by atoms with Gasteiger partial charge in [0, 0.05) is 49.0 Å². The number of aryl methyl sites for hydroxylation is 1. The van der Waals surface area contributed by atoms with Crippen molar-refractivity contribution in [1.29, 1.82) is 0 Å². The highest BCUT2D eigenvalue weighted by molar-refractivity contribution is 5.63. The van der Waals surface area contributed by atoms with E-state index in [-0.39, 0.29) is 0 Å². The van der Waals surface area contributed by atoms with Crippen LogP contribution in [0.2, 0.25) is 0 Å². The van der Waals surface area contributed by atoms with Gasteiger partial charge in [0.15, 0.2) is 0 Å². The van der Waals surface area contributed by atoms with Crippen LogP contribution < -0.4 is 10.2 Å². The van der Waals surface area contributed by atoms with Crippen molar-refractivity contribution in [3.8, 4) is 0 Å². The van der Waals surface area contributed by atoms with E-state index in [0.717, 1.165) is 26.1 Å². The highest BCUT2D eigenvalue weighted by atomic mass is 15.2. The van der Waals surface area contributed by atoms with Crippen LogP contribution in [-0.4, -0.2) is 30.7 Å². The van der Waals surface area contributed by atoms with E-state index in [1.54, 1.807) is 5.56 Å². The molecule has 3 heteroatoms. The minimum atomic E-state index is 0.635. The lowest BCUT2D eigenvalue weighted by Crippen LogP contribution is -2.36. The van der Waals surface area contributed by atoms with Crippen molar-refractivity contribution >= 4 is 5.69 Å². The highest BCUT2D eigenvalue weighted by Crippen LogP contribution is 2.43. The topological polar surface area (TPSA) is 28.2 Å². The number of nitrogens with one attached hydrogen (secondary N) is 1. The Morgan fingerprint density at radius 2 is 2.22 bits per heavy atom. The summed E-state index contributed by atoms with van der Waals surface area (Å²) in [4.78, 5) is 7.15. The Hall–Kier alpha value is -1.87. The number of pyridine rings is 1. The number of benzene rings is 1. The molecule has 0 amide bonds. The van der Waals surface area contributed by atoms with Gasteiger partial charge in [-0.2, -0.15) is 0 Å². The third-order valence-electron chi connectivity index (χ3n) is 5.31. The van der Waals surface area contributed by atoms with E-state index < -0.39 is 0 Å². The quantitative estimate of drug-likeness (QED) is 0.943. The lowest BCUT2D eigenvalue weighted by atomic mass is 9.92. The predicted molar refractivity (Wildman–Crippen MR) is 95.1 cm³/mol. The summed E-state index contributed by atoms with van der Waals surface area (Å²) in [5.74, 6) is 0.635. The zero-order valence-corrected chi connectivity index (χ0v) is 13.8. The van der Waals surface area contributed by atoms with Crippen LogP contribution in [-0.2, 0) is 6.42 Å². The first-order chi connectivity index (χ1) is 11.3. The second-order valence-corrected chi connectivity index (χ2v) is 6.85. The summed E-state index contributed by atoms with van der Waals surface area (Å²) in [6, 6.07) is 13.8. The zero-order chi connectivity index (χ0) is 15.6. The van der Waals surface area contributed by atoms with Crippen molar-refractivity contribution in [2.24, 2.45) is 0 Å². The molecule has 1 fully saturated rings. The first kappa shape index (κ1) is 14.7. The minimum Gasteiger partial charge on any atom is -0.367 e. The normalized spacial score (nSPS) is 23.3. The molecule has 0 aliphatic carbocycles. The van der Waals surface area contributed by atoms with Crippen LogP contribution in [0.5, 0.6) is 0 Å². The van der Waals surface area contributed by atoms with Gasteiger partial charge in [0.2, 0.25) is 0 Å². The van der Waals surface area contributed by atoms with Crippen molar-refractivity contribution in [1.82, 2.24) is 10.3 Å². The summed E-state index contributed by atoms with van der Waals surface area (Å²) in [5, 5.41) is 3.63. The highest BCUT2D eigenvalue weighted by Gasteiger charge is 2.38. The number of nitrogens with zero attached hydrogens (tertiary/aromatic N) is 2. The predicted octanol–water partition coefficient (Wildman–Crippen LogP) is 3.29. The van der Waals surface area contributed by atoms with E-state index >= 15 is 0 Å². The second-order valence-electron chi connectivity index (χ2n) is 6.85. The summed E-state index contributed by atoms with van der Waals surface area (Å²) < 4.78 is 0. The first-order valence-electron chi connectivity index (χ1n) is 8.81. The molecule has 1 saturated heterocycles. The van der Waals surface area contributed by atoms with E-state index in [2.05, 4.69) is 52.5 Å². The fraction of sp³-hybridized carbons (Fsp3) is 0.450. The zero-order valence-electron chi connectivity index (χ0n) is 13.8. The molecule has 1 aromatic carbocycles. The van der Waals surface area contributed by atoms with E-state index in [0.29, 0.717) is 12.0 Å². The van der Waals surface area contributed by atoms with Gasteiger partial charge in [-0.1, -0.05) is 23.8 Å². The lowest BCUT2D eigenvalue weighted by molar-refractivity contribution is 0.511. The maximum Gasteiger partial charge on any atom is 0.0421 e. The Bertz CT molecular complexity index is 668. The molecule has 2 aliphatic rings. The molecule has 1 aromatic heterocycles. The summed E-state index contributed by atoms with van der Waals surface area (Å²) in [6.07, 6.45) is 5.47. The Labute approximate surface area is 138 Å². The van der Waals surface area contributed by atoms with Gasteiger partial charge in [-0.05, 0) is 50.1 Å². The minimum absolute atomic E-state index is 0.635. The van der Waals surface area contributed by atoms with Crippen LogP contribution in [0.3, 0.4) is 0 Å². The summed E-state index contributed by atoms with van der Waals surface area (Å²) in [7, 11) is 0. The molecule has 3 nitrogen and oxygen atoms in total. The Morgan fingerprint density at radius 3 is 3.09 bits per heavy atom. The van der Waals surface area contributed by atoms with Gasteiger partial charge < -0.3 is 10.2 Å². The van der Waals surface area contributed by atoms with Crippen molar-refractivity contribution in [3.63, 3.8) is 0 Å². The van der Waals surface area contributed by atoms with Crippen LogP contribution in [0.15, 0.2) is 42.6 Å². The van der Waals surface area contributed by atoms with Crippen LogP contribution in [0.1, 0.15) is 35.6 Å². The molecule has 0 spiro atoms. The van der Waals surface area contributed by atoms with E-state index in [9.17, 15) is 0 Å². The molecule has 0 saturated carbocycles. The number of rotatable bonds is 3. The third-order valence-corrected chi connectivity index (χ3v) is 5.31. The molecule has 0 unspecified atom stereocenters. The van der Waals surface area contributed by atoms with Gasteiger partial charge in [0.1, 0.15) is 0 Å². The summed E-state index contributed by atoms with van der Waals surface area (Å²) in [5.41, 5.74) is 5.56. The molecule has 1 N–H and O–H groups in total. The number of anilines is 1. The molecular formula is C20H25N3. The van der Waals surface area contributed by atoms with Gasteiger partial charge >= 0.3 is 0 Å². The molecule has 0 radical (unpaired) electrons. The molecule has 120 valence electrons. The number of fused-ring (bicyclic) bond motifs is 3. The molecule has 2 aliphatic heterocycles. The number of aromatic nitrogens is 1. The van der Waals surface area contributed by atoms with Crippen LogP contribution >= 0.6 is 0 Å². The molecular weight excluding hydrogens is 282 g/mol. The Kier molecular flexibility index (Phi) is 4.04. The number of hydrogen-bond acceptors (Lipinski definition) is 3. The maximum absolute atomic E-state index is 4.49. The number of hydrogen-bond donors (Lipinski definition) is 1. The van der Waals surface area contributed by atoms with Gasteiger partial charge in [0.25, 0.3) is 0 Å². The molecule has 4 rings (SSSR count). The first-order valence-corrected chi connectivity index (χ1v) is 8.81. The third kappa shape index (κ3) is 2.86. The second kappa shape index (κ2) is 6.32. The summed E-state index contributed by atoms with van der Waals surface area (Å²) in [6.45, 7) is 5.54. The average Bonchev–Trinajstić information content (AvgIpc) is 2.73. The van der Waals surface area contributed by atoms with Gasteiger partial charge in [-0.3, -0.25) is 4.98 Å². The van der Waals surface area contributed by atoms with E-state index in [1.807, 2.05) is 12.3 Å². The maximum atomic E-state index is 4.49. The van der Waals surface area contributed by atoms with Crippen LogP contribution in [0, 0.1) is 6.92 Å². The smallest absolute Gasteiger partial charge is 0.0421 e. The van der Waals surface area contributed by atoms with Gasteiger partial charge in [0.05, 0.1) is 0 Å². The SMILES string of the molecule is Cc1ccc2c(c1)[C@@H]1CNCCC[C@@H]1N2CCc1ccccn1. The summed E-state index contributed by atoms with van der Waals surface area (Å²) >= 11 is 0. The molecule has 2 aromatic rings. The molecule has 2 atom stereocenters. The molecule has 0 bridgehead atoms. The molecule has 3 heterocycles. The Morgan fingerprint density at radius 1 is 1.26 bits per heavy atom. The monoisotopic (exact) mass is 307 g/mol. The van der Waals surface area contributed by atoms with Crippen molar-refractivity contribution < 1.29 is 0 Å². The largest absolute Gasteiger partial charge is 0.367 e. The fourth-order valence-electron chi connectivity index (χ4n) is 4.20. The van der Waals surface area contributed by atoms with Crippen molar-refractivity contribution in [2.45, 2.75) is 38.1 Å². The van der Waals surface area contributed by atoms with Crippen molar-refractivity contribution in [2.75, 3.05) is 24.5 Å². The van der Waals surface area contributed by atoms with E-state index in [1.165, 1.54) is 29.8 Å². The lowest BCUT2D eigenvalue weighted by Gasteiger charge is -2.29. The van der Waals surface area contributed by atoms with Gasteiger partial charge in [-0.25, -0.2) is 0 Å². The van der Waals surface area contributed by atoms with Crippen molar-refractivity contribution in [3.05, 3.63) is 59.4 Å².